The smallest absolute Gasteiger partial charge is 0.427 e. The lowest BCUT2D eigenvalue weighted by molar-refractivity contribution is -0.156. The molecule has 0 atom stereocenters. The van der Waals surface area contributed by atoms with E-state index in [9.17, 15) is 30.7 Å². The fraction of sp³-hybridized carbons (Fsp3) is 0.417. The Morgan fingerprint density at radius 3 is 2.03 bits per heavy atom. The Hall–Kier alpha value is -2.51. The Bertz CT molecular complexity index is 938. The van der Waals surface area contributed by atoms with Gasteiger partial charge in [-0.15, -0.1) is 0 Å². The van der Waals surface area contributed by atoms with E-state index in [1.165, 1.54) is 18.6 Å². The summed E-state index contributed by atoms with van der Waals surface area (Å²) >= 11 is 0. The van der Waals surface area contributed by atoms with Crippen molar-refractivity contribution in [2.45, 2.75) is 57.5 Å². The van der Waals surface area contributed by atoms with Gasteiger partial charge in [-0.05, 0) is 43.1 Å². The van der Waals surface area contributed by atoms with Crippen molar-refractivity contribution in [3.63, 3.8) is 0 Å². The lowest BCUT2D eigenvalue weighted by Crippen LogP contribution is -2.26. The van der Waals surface area contributed by atoms with Crippen LogP contribution in [-0.2, 0) is 0 Å². The fourth-order valence-corrected chi connectivity index (χ4v) is 4.13. The molecule has 1 nitrogen and oxygen atoms in total. The summed E-state index contributed by atoms with van der Waals surface area (Å²) in [6, 6.07) is 5.79. The highest BCUT2D eigenvalue weighted by Gasteiger charge is 2.42. The Morgan fingerprint density at radius 2 is 1.50 bits per heavy atom. The van der Waals surface area contributed by atoms with Gasteiger partial charge in [-0.25, -0.2) is 17.6 Å². The van der Waals surface area contributed by atoms with Gasteiger partial charge in [0.05, 0.1) is 0 Å². The molecule has 0 heterocycles. The molecule has 0 unspecified atom stereocenters. The highest BCUT2D eigenvalue weighted by atomic mass is 19.3. The van der Waals surface area contributed by atoms with Gasteiger partial charge in [-0.2, -0.15) is 13.2 Å². The largest absolute Gasteiger partial charge is 0.457 e. The molecular weight excluding hydrogens is 437 g/mol. The van der Waals surface area contributed by atoms with Crippen molar-refractivity contribution < 1.29 is 35.5 Å². The number of rotatable bonds is 7. The van der Waals surface area contributed by atoms with Crippen LogP contribution in [0.15, 0.2) is 42.2 Å². The Balaban J connectivity index is 1.73. The first-order chi connectivity index (χ1) is 15.1. The summed E-state index contributed by atoms with van der Waals surface area (Å²) < 4.78 is 99.8. The third-order valence-electron chi connectivity index (χ3n) is 5.83. The minimum absolute atomic E-state index is 0.113. The minimum Gasteiger partial charge on any atom is -0.427 e. The highest BCUT2D eigenvalue weighted by Crippen LogP contribution is 2.39. The zero-order valence-electron chi connectivity index (χ0n) is 17.4. The van der Waals surface area contributed by atoms with E-state index in [0.717, 1.165) is 37.7 Å². The second kappa shape index (κ2) is 9.96. The van der Waals surface area contributed by atoms with Crippen LogP contribution in [0.2, 0.25) is 0 Å². The molecule has 1 fully saturated rings. The van der Waals surface area contributed by atoms with Gasteiger partial charge < -0.3 is 4.74 Å². The zero-order valence-corrected chi connectivity index (χ0v) is 17.4. The first-order valence-corrected chi connectivity index (χ1v) is 10.5. The molecule has 0 radical (unpaired) electrons. The third-order valence-corrected chi connectivity index (χ3v) is 5.83. The minimum atomic E-state index is -4.86. The van der Waals surface area contributed by atoms with Gasteiger partial charge in [0.2, 0.25) is 5.83 Å². The number of hydrogen-bond donors (Lipinski definition) is 0. The lowest BCUT2D eigenvalue weighted by Gasteiger charge is -2.28. The van der Waals surface area contributed by atoms with Gasteiger partial charge in [-0.3, -0.25) is 0 Å². The van der Waals surface area contributed by atoms with E-state index in [1.807, 2.05) is 0 Å². The normalized spacial score (nSPS) is 20.1. The maximum Gasteiger partial charge on any atom is 0.457 e. The van der Waals surface area contributed by atoms with Gasteiger partial charge >= 0.3 is 6.11 Å². The molecule has 0 aliphatic heterocycles. The maximum absolute atomic E-state index is 14.4. The molecule has 0 saturated heterocycles. The molecule has 1 aliphatic carbocycles. The van der Waals surface area contributed by atoms with E-state index >= 15 is 0 Å². The summed E-state index contributed by atoms with van der Waals surface area (Å²) in [6.45, 7) is 2.15. The van der Waals surface area contributed by atoms with E-state index in [1.54, 1.807) is 12.1 Å². The molecule has 1 aliphatic rings. The molecule has 3 rings (SSSR count). The zero-order chi connectivity index (χ0) is 23.5. The van der Waals surface area contributed by atoms with E-state index < -0.39 is 46.5 Å². The van der Waals surface area contributed by atoms with Crippen molar-refractivity contribution in [2.24, 2.45) is 5.92 Å². The van der Waals surface area contributed by atoms with Crippen LogP contribution < -0.4 is 4.74 Å². The van der Waals surface area contributed by atoms with E-state index in [-0.39, 0.29) is 18.1 Å². The van der Waals surface area contributed by atoms with Crippen molar-refractivity contribution in [1.82, 2.24) is 0 Å². The van der Waals surface area contributed by atoms with E-state index in [2.05, 4.69) is 11.7 Å². The van der Waals surface area contributed by atoms with Gasteiger partial charge in [0.15, 0.2) is 23.3 Å². The van der Waals surface area contributed by atoms with Crippen LogP contribution in [0.25, 0.3) is 5.83 Å². The van der Waals surface area contributed by atoms with E-state index in [4.69, 9.17) is 0 Å². The summed E-state index contributed by atoms with van der Waals surface area (Å²) in [5.41, 5.74) is 0.503. The highest BCUT2D eigenvalue weighted by molar-refractivity contribution is 5.62. The van der Waals surface area contributed by atoms with E-state index in [0.29, 0.717) is 5.92 Å². The molecule has 32 heavy (non-hydrogen) atoms. The van der Waals surface area contributed by atoms with Crippen LogP contribution in [0.5, 0.6) is 5.75 Å². The number of hydrogen-bond acceptors (Lipinski definition) is 1. The Morgan fingerprint density at radius 1 is 0.938 bits per heavy atom. The number of halogens is 7. The maximum atomic E-state index is 14.4. The van der Waals surface area contributed by atoms with Crippen LogP contribution in [0.3, 0.4) is 0 Å². The first kappa shape index (κ1) is 24.1. The molecule has 8 heteroatoms. The molecule has 1 saturated carbocycles. The van der Waals surface area contributed by atoms with Crippen molar-refractivity contribution in [3.05, 3.63) is 70.8 Å². The fourth-order valence-electron chi connectivity index (χ4n) is 4.13. The number of ether oxygens (including phenoxy) is 1. The van der Waals surface area contributed by atoms with Crippen LogP contribution in [0.4, 0.5) is 30.7 Å². The molecule has 2 aromatic rings. The Kier molecular flexibility index (Phi) is 7.51. The van der Waals surface area contributed by atoms with Gasteiger partial charge in [0.1, 0.15) is 5.75 Å². The van der Waals surface area contributed by atoms with Crippen LogP contribution in [-0.4, -0.2) is 6.11 Å². The molecular formula is C24H23F7O. The van der Waals surface area contributed by atoms with Gasteiger partial charge in [-0.1, -0.05) is 44.0 Å². The van der Waals surface area contributed by atoms with Crippen molar-refractivity contribution >= 4 is 5.83 Å². The van der Waals surface area contributed by atoms with Crippen LogP contribution in [0, 0.1) is 23.4 Å². The van der Waals surface area contributed by atoms with Crippen molar-refractivity contribution in [3.8, 4) is 5.75 Å². The molecule has 2 aromatic carbocycles. The van der Waals surface area contributed by atoms with Crippen molar-refractivity contribution in [2.75, 3.05) is 0 Å². The molecule has 0 N–H and O–H groups in total. The van der Waals surface area contributed by atoms with Gasteiger partial charge in [0, 0.05) is 17.7 Å². The topological polar surface area (TPSA) is 9.23 Å². The summed E-state index contributed by atoms with van der Waals surface area (Å²) in [7, 11) is 0. The van der Waals surface area contributed by atoms with Crippen LogP contribution in [0.1, 0.15) is 62.5 Å². The summed E-state index contributed by atoms with van der Waals surface area (Å²) in [4.78, 5) is 0. The second-order valence-corrected chi connectivity index (χ2v) is 8.08. The second-order valence-electron chi connectivity index (χ2n) is 8.08. The number of alkyl halides is 2. The molecule has 0 spiro atoms. The summed E-state index contributed by atoms with van der Waals surface area (Å²) in [6.07, 6.45) is 1.61. The van der Waals surface area contributed by atoms with Crippen LogP contribution >= 0.6 is 0 Å². The van der Waals surface area contributed by atoms with Crippen molar-refractivity contribution in [1.29, 1.82) is 0 Å². The quantitative estimate of drug-likeness (QED) is 0.298. The predicted molar refractivity (Wildman–Crippen MR) is 107 cm³/mol. The SMILES string of the molecule is CCCC1CCC(c2ccc(/C(F)=C(\F)C(F)(F)Oc3cc(F)c(F)c(F)c3)cc2)CC1. The molecule has 174 valence electrons. The average Bonchev–Trinajstić information content (AvgIpc) is 2.77. The molecule has 0 aromatic heterocycles. The number of benzene rings is 2. The molecule has 0 bridgehead atoms. The third kappa shape index (κ3) is 5.45. The Labute approximate surface area is 181 Å². The molecule has 0 amide bonds. The lowest BCUT2D eigenvalue weighted by atomic mass is 9.77. The summed E-state index contributed by atoms with van der Waals surface area (Å²) in [5.74, 6) is -10.1. The predicted octanol–water partition coefficient (Wildman–Crippen LogP) is 8.46. The average molecular weight is 460 g/mol. The van der Waals surface area contributed by atoms with Gasteiger partial charge in [0.25, 0.3) is 0 Å². The first-order valence-electron chi connectivity index (χ1n) is 10.5. The summed E-state index contributed by atoms with van der Waals surface area (Å²) in [5, 5.41) is 0. The standard InChI is InChI=1S/C24H23F7O/c1-2-3-14-4-6-15(7-5-14)16-8-10-17(11-9-16)21(27)23(29)24(30,31)32-18-12-19(25)22(28)20(26)13-18/h8-15H,2-7H2,1H3/b23-21+. The monoisotopic (exact) mass is 460 g/mol.